The molecular weight excluding hydrogens is 516 g/mol. The Hall–Kier alpha value is -2.39. The standard InChI is InChI=1S/C27H38O12/c1-3-4-5-6-13-35-26-23(34)25(39-27-22(33)21(32)20(31)15(2)36-27)24(18(14-28)37-26)38-19(30)12-9-16-7-10-17(29)11-8-16/h5-12,15,18,20-29,31-34H,3-4,13-14H2,1-2H3/b6-5-,12-9+/t15-,18+,20-,21+,22+,23+,24+,25+,26+,27-/m0/s1. The minimum atomic E-state index is -1.69. The monoisotopic (exact) mass is 554 g/mol. The van der Waals surface area contributed by atoms with Crippen molar-refractivity contribution in [3.05, 3.63) is 48.1 Å². The number of rotatable bonds is 11. The number of unbranched alkanes of at least 4 members (excludes halogenated alkanes) is 1. The van der Waals surface area contributed by atoms with Crippen LogP contribution in [0.3, 0.4) is 0 Å². The van der Waals surface area contributed by atoms with Gasteiger partial charge in [0.2, 0.25) is 0 Å². The van der Waals surface area contributed by atoms with Gasteiger partial charge in [-0.05, 0) is 37.1 Å². The summed E-state index contributed by atoms with van der Waals surface area (Å²) in [5.41, 5.74) is 0.598. The first-order chi connectivity index (χ1) is 18.7. The first kappa shape index (κ1) is 31.1. The van der Waals surface area contributed by atoms with Gasteiger partial charge in [0, 0.05) is 6.08 Å². The molecule has 0 spiro atoms. The molecule has 2 aliphatic rings. The highest BCUT2D eigenvalue weighted by molar-refractivity contribution is 5.87. The first-order valence-corrected chi connectivity index (χ1v) is 12.9. The Kier molecular flexibility index (Phi) is 11.9. The van der Waals surface area contributed by atoms with E-state index in [1.807, 2.05) is 13.0 Å². The predicted molar refractivity (Wildman–Crippen MR) is 136 cm³/mol. The molecule has 12 nitrogen and oxygen atoms in total. The van der Waals surface area contributed by atoms with E-state index in [-0.39, 0.29) is 12.4 Å². The lowest BCUT2D eigenvalue weighted by atomic mass is 9.97. The summed E-state index contributed by atoms with van der Waals surface area (Å²) in [5.74, 6) is -0.794. The number of carbonyl (C=O) groups is 1. The molecule has 2 heterocycles. The number of hydrogen-bond donors (Lipinski definition) is 6. The van der Waals surface area contributed by atoms with E-state index < -0.39 is 74.0 Å². The van der Waals surface area contributed by atoms with Crippen LogP contribution in [0.25, 0.3) is 6.08 Å². The van der Waals surface area contributed by atoms with Crippen LogP contribution in [0.2, 0.25) is 0 Å². The van der Waals surface area contributed by atoms with Gasteiger partial charge in [-0.3, -0.25) is 0 Å². The lowest BCUT2D eigenvalue weighted by Gasteiger charge is -2.46. The largest absolute Gasteiger partial charge is 0.508 e. The summed E-state index contributed by atoms with van der Waals surface area (Å²) < 4.78 is 28.2. The third kappa shape index (κ3) is 8.30. The quantitative estimate of drug-likeness (QED) is 0.122. The number of aliphatic hydroxyl groups is 5. The van der Waals surface area contributed by atoms with Gasteiger partial charge in [-0.1, -0.05) is 37.6 Å². The van der Waals surface area contributed by atoms with E-state index in [1.54, 1.807) is 18.2 Å². The average Bonchev–Trinajstić information content (AvgIpc) is 2.92. The third-order valence-corrected chi connectivity index (χ3v) is 6.43. The van der Waals surface area contributed by atoms with Gasteiger partial charge in [-0.15, -0.1) is 0 Å². The second-order valence-electron chi connectivity index (χ2n) is 9.42. The highest BCUT2D eigenvalue weighted by atomic mass is 16.7. The number of carbonyl (C=O) groups excluding carboxylic acids is 1. The summed E-state index contributed by atoms with van der Waals surface area (Å²) in [6, 6.07) is 6.05. The smallest absolute Gasteiger partial charge is 0.331 e. The van der Waals surface area contributed by atoms with Crippen LogP contribution >= 0.6 is 0 Å². The zero-order valence-electron chi connectivity index (χ0n) is 21.9. The SMILES string of the molecule is CCC/C=C\CO[C@@H]1O[C@H](CO)[C@@H](OC(=O)/C=C/c2ccc(O)cc2)[C@H](O[C@@H]2O[C@@H](C)[C@H](O)[C@@H](O)[C@H]2O)[C@H]1O. The molecule has 0 bridgehead atoms. The summed E-state index contributed by atoms with van der Waals surface area (Å²) in [7, 11) is 0. The Morgan fingerprint density at radius 3 is 2.33 bits per heavy atom. The Balaban J connectivity index is 1.80. The van der Waals surface area contributed by atoms with Crippen LogP contribution in [-0.2, 0) is 28.5 Å². The van der Waals surface area contributed by atoms with Crippen LogP contribution in [0, 0.1) is 0 Å². The Bertz CT molecular complexity index is 951. The van der Waals surface area contributed by atoms with Crippen molar-refractivity contribution < 1.29 is 59.1 Å². The topological polar surface area (TPSA) is 185 Å². The number of esters is 1. The molecule has 0 aliphatic carbocycles. The number of aliphatic hydroxyl groups excluding tert-OH is 5. The summed E-state index contributed by atoms with van der Waals surface area (Å²) >= 11 is 0. The third-order valence-electron chi connectivity index (χ3n) is 6.43. The van der Waals surface area contributed by atoms with E-state index in [0.717, 1.165) is 18.9 Å². The van der Waals surface area contributed by atoms with Crippen molar-refractivity contribution in [2.24, 2.45) is 0 Å². The van der Waals surface area contributed by atoms with Crippen molar-refractivity contribution in [2.75, 3.05) is 13.2 Å². The summed E-state index contributed by atoms with van der Waals surface area (Å²) in [4.78, 5) is 12.7. The Labute approximate surface area is 226 Å². The van der Waals surface area contributed by atoms with Gasteiger partial charge in [0.05, 0.1) is 19.3 Å². The van der Waals surface area contributed by atoms with Gasteiger partial charge >= 0.3 is 5.97 Å². The van der Waals surface area contributed by atoms with E-state index in [4.69, 9.17) is 23.7 Å². The van der Waals surface area contributed by atoms with Gasteiger partial charge in [-0.2, -0.15) is 0 Å². The summed E-state index contributed by atoms with van der Waals surface area (Å²) in [5, 5.41) is 61.2. The fourth-order valence-corrected chi connectivity index (χ4v) is 4.18. The number of hydrogen-bond acceptors (Lipinski definition) is 12. The Morgan fingerprint density at radius 2 is 1.67 bits per heavy atom. The highest BCUT2D eigenvalue weighted by Crippen LogP contribution is 2.31. The van der Waals surface area contributed by atoms with Gasteiger partial charge in [0.15, 0.2) is 18.7 Å². The molecular formula is C27H38O12. The fourth-order valence-electron chi connectivity index (χ4n) is 4.18. The van der Waals surface area contributed by atoms with Gasteiger partial charge in [-0.25, -0.2) is 4.79 Å². The van der Waals surface area contributed by atoms with Gasteiger partial charge in [0.25, 0.3) is 0 Å². The molecule has 12 heteroatoms. The average molecular weight is 555 g/mol. The maximum absolute atomic E-state index is 12.7. The number of phenols is 1. The number of phenolic OH excluding ortho intramolecular Hbond substituents is 1. The maximum atomic E-state index is 12.7. The molecule has 0 aromatic heterocycles. The van der Waals surface area contributed by atoms with Gasteiger partial charge < -0.3 is 54.3 Å². The van der Waals surface area contributed by atoms with E-state index in [0.29, 0.717) is 5.56 Å². The lowest BCUT2D eigenvalue weighted by Crippen LogP contribution is -2.65. The second kappa shape index (κ2) is 14.8. The van der Waals surface area contributed by atoms with Crippen LogP contribution in [0.5, 0.6) is 5.75 Å². The number of benzene rings is 1. The molecule has 0 radical (unpaired) electrons. The summed E-state index contributed by atoms with van der Waals surface area (Å²) in [6.45, 7) is 2.93. The minimum absolute atomic E-state index is 0.0607. The van der Waals surface area contributed by atoms with Crippen molar-refractivity contribution in [3.63, 3.8) is 0 Å². The molecule has 0 amide bonds. The minimum Gasteiger partial charge on any atom is -0.508 e. The Morgan fingerprint density at radius 1 is 0.949 bits per heavy atom. The zero-order valence-corrected chi connectivity index (χ0v) is 21.9. The molecule has 1 aromatic carbocycles. The highest BCUT2D eigenvalue weighted by Gasteiger charge is 2.52. The fraction of sp³-hybridized carbons (Fsp3) is 0.593. The molecule has 2 fully saturated rings. The van der Waals surface area contributed by atoms with Crippen LogP contribution in [0.15, 0.2) is 42.5 Å². The van der Waals surface area contributed by atoms with Crippen molar-refractivity contribution in [2.45, 2.75) is 88.1 Å². The van der Waals surface area contributed by atoms with Crippen LogP contribution in [0.1, 0.15) is 32.3 Å². The number of allylic oxidation sites excluding steroid dienone is 1. The van der Waals surface area contributed by atoms with E-state index in [2.05, 4.69) is 0 Å². The maximum Gasteiger partial charge on any atom is 0.331 e. The molecule has 10 atom stereocenters. The van der Waals surface area contributed by atoms with E-state index >= 15 is 0 Å². The van der Waals surface area contributed by atoms with Crippen LogP contribution in [-0.4, -0.2) is 111 Å². The molecule has 0 unspecified atom stereocenters. The molecule has 39 heavy (non-hydrogen) atoms. The van der Waals surface area contributed by atoms with Crippen molar-refractivity contribution in [1.29, 1.82) is 0 Å². The zero-order chi connectivity index (χ0) is 28.5. The molecule has 1 aromatic rings. The van der Waals surface area contributed by atoms with Crippen LogP contribution < -0.4 is 0 Å². The van der Waals surface area contributed by atoms with Gasteiger partial charge in [0.1, 0.15) is 42.4 Å². The van der Waals surface area contributed by atoms with E-state index in [9.17, 15) is 35.4 Å². The molecule has 2 saturated heterocycles. The van der Waals surface area contributed by atoms with Crippen molar-refractivity contribution in [3.8, 4) is 5.75 Å². The molecule has 6 N–H and O–H groups in total. The molecule has 3 rings (SSSR count). The normalized spacial score (nSPS) is 35.5. The van der Waals surface area contributed by atoms with Crippen LogP contribution in [0.4, 0.5) is 0 Å². The van der Waals surface area contributed by atoms with E-state index in [1.165, 1.54) is 25.1 Å². The molecule has 218 valence electrons. The first-order valence-electron chi connectivity index (χ1n) is 12.9. The molecule has 0 saturated carbocycles. The summed E-state index contributed by atoms with van der Waals surface area (Å²) in [6.07, 6.45) is -6.02. The second-order valence-corrected chi connectivity index (χ2v) is 9.42. The lowest BCUT2D eigenvalue weighted by molar-refractivity contribution is -0.356. The molecule has 2 aliphatic heterocycles. The number of aromatic hydroxyl groups is 1. The number of ether oxygens (including phenoxy) is 5. The predicted octanol–water partition coefficient (Wildman–Crippen LogP) is -0.0191. The van der Waals surface area contributed by atoms with Crippen molar-refractivity contribution >= 4 is 12.0 Å². The van der Waals surface area contributed by atoms with Crippen molar-refractivity contribution in [1.82, 2.24) is 0 Å².